The Morgan fingerprint density at radius 2 is 2.15 bits per heavy atom. The number of nitrogens with zero attached hydrogens (tertiary/aromatic N) is 4. The molecule has 26 heavy (non-hydrogen) atoms. The average Bonchev–Trinajstić information content (AvgIpc) is 3.37. The lowest BCUT2D eigenvalue weighted by Gasteiger charge is -2.32. The van der Waals surface area contributed by atoms with E-state index in [9.17, 15) is 4.79 Å². The second kappa shape index (κ2) is 7.15. The number of aromatic nitrogens is 3. The molecule has 1 amide bonds. The highest BCUT2D eigenvalue weighted by atomic mass is 16.5. The van der Waals surface area contributed by atoms with Crippen LogP contribution in [0.2, 0.25) is 0 Å². The minimum absolute atomic E-state index is 0.0982. The van der Waals surface area contributed by atoms with E-state index in [1.807, 2.05) is 47.6 Å². The summed E-state index contributed by atoms with van der Waals surface area (Å²) < 4.78 is 7.50. The van der Waals surface area contributed by atoms with Crippen LogP contribution in [0.15, 0.2) is 53.3 Å². The first-order valence-electron chi connectivity index (χ1n) is 9.08. The van der Waals surface area contributed by atoms with Crippen LogP contribution in [-0.4, -0.2) is 38.6 Å². The van der Waals surface area contributed by atoms with Gasteiger partial charge in [-0.2, -0.15) is 0 Å². The average molecular weight is 350 g/mol. The molecule has 1 aliphatic rings. The van der Waals surface area contributed by atoms with Crippen molar-refractivity contribution in [3.8, 4) is 11.3 Å². The van der Waals surface area contributed by atoms with Gasteiger partial charge in [0.25, 0.3) is 5.91 Å². The van der Waals surface area contributed by atoms with Crippen molar-refractivity contribution in [1.82, 2.24) is 19.6 Å². The SMILES string of the molecule is CCn1ccnc1C1CCCN(C(=O)c2cc(-c3ccccc3)no2)C1. The van der Waals surface area contributed by atoms with Crippen LogP contribution in [0, 0.1) is 0 Å². The predicted molar refractivity (Wildman–Crippen MR) is 97.7 cm³/mol. The number of rotatable bonds is 4. The highest BCUT2D eigenvalue weighted by Crippen LogP contribution is 2.27. The monoisotopic (exact) mass is 350 g/mol. The molecule has 0 N–H and O–H groups in total. The fourth-order valence-corrected chi connectivity index (χ4v) is 3.60. The number of benzene rings is 1. The zero-order chi connectivity index (χ0) is 17.9. The molecule has 3 aromatic rings. The number of hydrogen-bond donors (Lipinski definition) is 0. The van der Waals surface area contributed by atoms with Crippen molar-refractivity contribution < 1.29 is 9.32 Å². The number of carbonyl (C=O) groups excluding carboxylic acids is 1. The van der Waals surface area contributed by atoms with Crippen LogP contribution in [0.5, 0.6) is 0 Å². The molecule has 1 fully saturated rings. The molecule has 1 atom stereocenters. The van der Waals surface area contributed by atoms with Crippen LogP contribution in [0.1, 0.15) is 42.1 Å². The topological polar surface area (TPSA) is 64.2 Å². The number of carbonyl (C=O) groups is 1. The van der Waals surface area contributed by atoms with Crippen molar-refractivity contribution in [3.63, 3.8) is 0 Å². The molecule has 0 aliphatic carbocycles. The summed E-state index contributed by atoms with van der Waals surface area (Å²) in [7, 11) is 0. The van der Waals surface area contributed by atoms with Gasteiger partial charge in [-0.05, 0) is 19.8 Å². The number of amides is 1. The maximum atomic E-state index is 12.9. The van der Waals surface area contributed by atoms with Gasteiger partial charge in [-0.25, -0.2) is 4.98 Å². The zero-order valence-electron chi connectivity index (χ0n) is 14.8. The van der Waals surface area contributed by atoms with Crippen LogP contribution in [0.25, 0.3) is 11.3 Å². The van der Waals surface area contributed by atoms with E-state index in [1.54, 1.807) is 6.07 Å². The molecule has 0 bridgehead atoms. The standard InChI is InChI=1S/C20H22N4O2/c1-2-23-12-10-21-19(23)16-9-6-11-24(14-16)20(25)18-13-17(22-26-18)15-7-4-3-5-8-15/h3-5,7-8,10,12-13,16H,2,6,9,11,14H2,1H3. The summed E-state index contributed by atoms with van der Waals surface area (Å²) in [4.78, 5) is 19.2. The summed E-state index contributed by atoms with van der Waals surface area (Å²) >= 11 is 0. The molecule has 2 aromatic heterocycles. The van der Waals surface area contributed by atoms with Gasteiger partial charge >= 0.3 is 0 Å². The molecular weight excluding hydrogens is 328 g/mol. The van der Waals surface area contributed by atoms with Crippen LogP contribution >= 0.6 is 0 Å². The van der Waals surface area contributed by atoms with E-state index in [-0.39, 0.29) is 11.8 Å². The summed E-state index contributed by atoms with van der Waals surface area (Å²) in [5.74, 6) is 1.52. The van der Waals surface area contributed by atoms with Gasteiger partial charge in [0.2, 0.25) is 5.76 Å². The summed E-state index contributed by atoms with van der Waals surface area (Å²) in [5.41, 5.74) is 1.63. The van der Waals surface area contributed by atoms with Crippen LogP contribution in [0.4, 0.5) is 0 Å². The normalized spacial score (nSPS) is 17.4. The molecule has 4 rings (SSSR count). The van der Waals surface area contributed by atoms with Gasteiger partial charge in [0.05, 0.1) is 0 Å². The second-order valence-electron chi connectivity index (χ2n) is 6.60. The number of aryl methyl sites for hydroxylation is 1. The fourth-order valence-electron chi connectivity index (χ4n) is 3.60. The molecule has 6 heteroatoms. The summed E-state index contributed by atoms with van der Waals surface area (Å²) in [5, 5.41) is 4.06. The largest absolute Gasteiger partial charge is 0.350 e. The van der Waals surface area contributed by atoms with Gasteiger partial charge in [-0.3, -0.25) is 4.79 Å². The van der Waals surface area contributed by atoms with Crippen LogP contribution in [0.3, 0.4) is 0 Å². The van der Waals surface area contributed by atoms with Crippen LogP contribution < -0.4 is 0 Å². The van der Waals surface area contributed by atoms with Gasteiger partial charge in [-0.15, -0.1) is 0 Å². The molecule has 0 saturated carbocycles. The Labute approximate surface area is 152 Å². The third-order valence-corrected chi connectivity index (χ3v) is 4.95. The third kappa shape index (κ3) is 3.14. The van der Waals surface area contributed by atoms with E-state index in [1.165, 1.54) is 0 Å². The van der Waals surface area contributed by atoms with Crippen molar-refractivity contribution in [2.45, 2.75) is 32.2 Å². The quantitative estimate of drug-likeness (QED) is 0.721. The highest BCUT2D eigenvalue weighted by Gasteiger charge is 2.29. The first kappa shape index (κ1) is 16.6. The van der Waals surface area contributed by atoms with E-state index in [2.05, 4.69) is 21.6 Å². The fraction of sp³-hybridized carbons (Fsp3) is 0.350. The molecular formula is C20H22N4O2. The predicted octanol–water partition coefficient (Wildman–Crippen LogP) is 3.58. The Bertz CT molecular complexity index is 884. The molecule has 1 unspecified atom stereocenters. The maximum Gasteiger partial charge on any atom is 0.292 e. The van der Waals surface area contributed by atoms with E-state index in [4.69, 9.17) is 4.52 Å². The summed E-state index contributed by atoms with van der Waals surface area (Å²) in [6.45, 7) is 4.40. The Hall–Kier alpha value is -2.89. The van der Waals surface area contributed by atoms with E-state index in [0.29, 0.717) is 18.0 Å². The zero-order valence-corrected chi connectivity index (χ0v) is 14.8. The van der Waals surface area contributed by atoms with E-state index >= 15 is 0 Å². The summed E-state index contributed by atoms with van der Waals surface area (Å²) in [6.07, 6.45) is 5.85. The smallest absolute Gasteiger partial charge is 0.292 e. The molecule has 6 nitrogen and oxygen atoms in total. The van der Waals surface area contributed by atoms with Crippen molar-refractivity contribution in [2.75, 3.05) is 13.1 Å². The molecule has 0 radical (unpaired) electrons. The molecule has 1 aromatic carbocycles. The number of imidazole rings is 1. The molecule has 0 spiro atoms. The Kier molecular flexibility index (Phi) is 4.56. The third-order valence-electron chi connectivity index (χ3n) is 4.95. The lowest BCUT2D eigenvalue weighted by molar-refractivity contribution is 0.0661. The minimum atomic E-state index is -0.0982. The van der Waals surface area contributed by atoms with Gasteiger partial charge in [0.15, 0.2) is 0 Å². The Morgan fingerprint density at radius 3 is 2.96 bits per heavy atom. The van der Waals surface area contributed by atoms with Crippen molar-refractivity contribution >= 4 is 5.91 Å². The van der Waals surface area contributed by atoms with E-state index < -0.39 is 0 Å². The first-order valence-corrected chi connectivity index (χ1v) is 9.08. The Balaban J connectivity index is 1.50. The molecule has 1 aliphatic heterocycles. The van der Waals surface area contributed by atoms with Crippen LogP contribution in [-0.2, 0) is 6.54 Å². The van der Waals surface area contributed by atoms with E-state index in [0.717, 1.165) is 37.3 Å². The van der Waals surface area contributed by atoms with Gasteiger partial charge in [0.1, 0.15) is 11.5 Å². The molecule has 134 valence electrons. The van der Waals surface area contributed by atoms with Crippen molar-refractivity contribution in [1.29, 1.82) is 0 Å². The number of piperidine rings is 1. The van der Waals surface area contributed by atoms with Crippen molar-refractivity contribution in [2.24, 2.45) is 0 Å². The molecule has 1 saturated heterocycles. The van der Waals surface area contributed by atoms with Crippen molar-refractivity contribution in [3.05, 3.63) is 60.4 Å². The lowest BCUT2D eigenvalue weighted by Crippen LogP contribution is -2.39. The molecule has 3 heterocycles. The number of hydrogen-bond acceptors (Lipinski definition) is 4. The summed E-state index contributed by atoms with van der Waals surface area (Å²) in [6, 6.07) is 11.5. The van der Waals surface area contributed by atoms with Gasteiger partial charge in [-0.1, -0.05) is 35.5 Å². The van der Waals surface area contributed by atoms with Gasteiger partial charge < -0.3 is 14.0 Å². The Morgan fingerprint density at radius 1 is 1.31 bits per heavy atom. The lowest BCUT2D eigenvalue weighted by atomic mass is 9.97. The first-order chi connectivity index (χ1) is 12.8. The highest BCUT2D eigenvalue weighted by molar-refractivity contribution is 5.92. The second-order valence-corrected chi connectivity index (χ2v) is 6.60. The van der Waals surface area contributed by atoms with Gasteiger partial charge in [0, 0.05) is 49.6 Å². The maximum absolute atomic E-state index is 12.9. The minimum Gasteiger partial charge on any atom is -0.350 e. The number of likely N-dealkylation sites (tertiary alicyclic amines) is 1.